The molecule has 2 rings (SSSR count). The first-order valence-corrected chi connectivity index (χ1v) is 6.72. The molecule has 1 N–H and O–H groups in total. The number of piperidine rings is 1. The maximum Gasteiger partial charge on any atom is 0.225 e. The summed E-state index contributed by atoms with van der Waals surface area (Å²) in [6.45, 7) is 6.22. The van der Waals surface area contributed by atoms with Crippen LogP contribution in [0.2, 0.25) is 0 Å². The van der Waals surface area contributed by atoms with E-state index >= 15 is 0 Å². The van der Waals surface area contributed by atoms with Gasteiger partial charge >= 0.3 is 0 Å². The maximum atomic E-state index is 12.8. The van der Waals surface area contributed by atoms with Crippen LogP contribution in [0.4, 0.5) is 10.3 Å². The van der Waals surface area contributed by atoms with E-state index in [1.165, 1.54) is 25.2 Å². The molecule has 0 unspecified atom stereocenters. The fraction of sp³-hybridized carbons (Fsp3) is 0.692. The summed E-state index contributed by atoms with van der Waals surface area (Å²) in [6, 6.07) is 0. The predicted octanol–water partition coefficient (Wildman–Crippen LogP) is 1.83. The third-order valence-corrected chi connectivity index (χ3v) is 3.32. The zero-order valence-corrected chi connectivity index (χ0v) is 10.9. The van der Waals surface area contributed by atoms with Crippen LogP contribution in [0.1, 0.15) is 26.2 Å². The Morgan fingerprint density at radius 1 is 1.33 bits per heavy atom. The van der Waals surface area contributed by atoms with Crippen LogP contribution in [0.5, 0.6) is 0 Å². The van der Waals surface area contributed by atoms with Crippen LogP contribution in [0.3, 0.4) is 0 Å². The summed E-state index contributed by atoms with van der Waals surface area (Å²) in [5.41, 5.74) is 0. The van der Waals surface area contributed by atoms with Gasteiger partial charge in [-0.3, -0.25) is 0 Å². The first-order chi connectivity index (χ1) is 8.79. The minimum absolute atomic E-state index is 0.378. The molecule has 1 aliphatic rings. The molecule has 4 nitrogen and oxygen atoms in total. The van der Waals surface area contributed by atoms with Gasteiger partial charge in [-0.2, -0.15) is 0 Å². The highest BCUT2D eigenvalue weighted by atomic mass is 19.1. The summed E-state index contributed by atoms with van der Waals surface area (Å²) < 4.78 is 12.8. The van der Waals surface area contributed by atoms with E-state index in [1.807, 2.05) is 0 Å². The van der Waals surface area contributed by atoms with Crippen molar-refractivity contribution >= 4 is 5.95 Å². The molecule has 0 spiro atoms. The van der Waals surface area contributed by atoms with Gasteiger partial charge in [-0.05, 0) is 38.3 Å². The van der Waals surface area contributed by atoms with E-state index in [1.54, 1.807) is 0 Å². The average molecular weight is 252 g/mol. The summed E-state index contributed by atoms with van der Waals surface area (Å²) in [4.78, 5) is 10.3. The lowest BCUT2D eigenvalue weighted by Gasteiger charge is -2.29. The predicted molar refractivity (Wildman–Crippen MR) is 70.1 cm³/mol. The third kappa shape index (κ3) is 3.63. The van der Waals surface area contributed by atoms with Crippen LogP contribution in [-0.4, -0.2) is 36.1 Å². The molecule has 1 aromatic rings. The van der Waals surface area contributed by atoms with E-state index in [9.17, 15) is 4.39 Å². The number of halogens is 1. The fourth-order valence-electron chi connectivity index (χ4n) is 2.39. The lowest BCUT2D eigenvalue weighted by molar-refractivity contribution is 0.372. The van der Waals surface area contributed by atoms with Gasteiger partial charge in [0.25, 0.3) is 0 Å². The Morgan fingerprint density at radius 3 is 2.61 bits per heavy atom. The van der Waals surface area contributed by atoms with E-state index in [-0.39, 0.29) is 5.82 Å². The zero-order valence-electron chi connectivity index (χ0n) is 10.9. The Morgan fingerprint density at radius 2 is 2.00 bits per heavy atom. The van der Waals surface area contributed by atoms with Crippen LogP contribution in [0.25, 0.3) is 0 Å². The topological polar surface area (TPSA) is 41.0 Å². The minimum atomic E-state index is -0.378. The highest BCUT2D eigenvalue weighted by Crippen LogP contribution is 2.17. The van der Waals surface area contributed by atoms with Gasteiger partial charge in [0.1, 0.15) is 0 Å². The van der Waals surface area contributed by atoms with Gasteiger partial charge in [0.2, 0.25) is 5.95 Å². The van der Waals surface area contributed by atoms with Gasteiger partial charge < -0.3 is 10.2 Å². The first kappa shape index (κ1) is 13.2. The molecule has 2 heterocycles. The molecule has 0 atom stereocenters. The molecular formula is C13H21FN4. The summed E-state index contributed by atoms with van der Waals surface area (Å²) >= 11 is 0. The smallest absolute Gasteiger partial charge is 0.225 e. The second kappa shape index (κ2) is 6.64. The van der Waals surface area contributed by atoms with Crippen molar-refractivity contribution in [1.29, 1.82) is 0 Å². The number of nitrogens with zero attached hydrogens (tertiary/aromatic N) is 3. The first-order valence-electron chi connectivity index (χ1n) is 6.72. The van der Waals surface area contributed by atoms with Crippen LogP contribution in [0.15, 0.2) is 12.4 Å². The van der Waals surface area contributed by atoms with Crippen LogP contribution in [-0.2, 0) is 0 Å². The second-order valence-corrected chi connectivity index (χ2v) is 4.84. The van der Waals surface area contributed by atoms with Crippen molar-refractivity contribution in [3.8, 4) is 0 Å². The molecule has 100 valence electrons. The van der Waals surface area contributed by atoms with Gasteiger partial charge in [0.05, 0.1) is 12.4 Å². The van der Waals surface area contributed by atoms with Crippen molar-refractivity contribution in [3.05, 3.63) is 18.2 Å². The lowest BCUT2D eigenvalue weighted by Crippen LogP contribution is -2.37. The highest BCUT2D eigenvalue weighted by molar-refractivity contribution is 5.28. The van der Waals surface area contributed by atoms with Crippen LogP contribution in [0, 0.1) is 11.7 Å². The van der Waals surface area contributed by atoms with Gasteiger partial charge in [0, 0.05) is 13.1 Å². The number of anilines is 1. The molecule has 0 aromatic carbocycles. The third-order valence-electron chi connectivity index (χ3n) is 3.32. The quantitative estimate of drug-likeness (QED) is 0.868. The molecule has 0 saturated carbocycles. The van der Waals surface area contributed by atoms with Crippen molar-refractivity contribution in [1.82, 2.24) is 15.3 Å². The molecule has 0 radical (unpaired) electrons. The Bertz CT molecular complexity index is 349. The minimum Gasteiger partial charge on any atom is -0.341 e. The zero-order chi connectivity index (χ0) is 12.8. The van der Waals surface area contributed by atoms with Crippen molar-refractivity contribution < 1.29 is 4.39 Å². The second-order valence-electron chi connectivity index (χ2n) is 4.84. The summed E-state index contributed by atoms with van der Waals surface area (Å²) in [5, 5.41) is 3.37. The standard InChI is InChI=1S/C13H21FN4/c1-2-7-18(10-11-3-5-15-6-4-11)13-16-8-12(14)9-17-13/h8-9,11,15H,2-7,10H2,1H3. The van der Waals surface area contributed by atoms with E-state index in [0.29, 0.717) is 11.9 Å². The Hall–Kier alpha value is -1.23. The SMILES string of the molecule is CCCN(CC1CCNCC1)c1ncc(F)cn1. The van der Waals surface area contributed by atoms with E-state index in [2.05, 4.69) is 27.1 Å². The summed E-state index contributed by atoms with van der Waals surface area (Å²) in [6.07, 6.45) is 5.93. The molecule has 1 aromatic heterocycles. The van der Waals surface area contributed by atoms with Crippen molar-refractivity contribution in [2.45, 2.75) is 26.2 Å². The number of hydrogen-bond acceptors (Lipinski definition) is 4. The molecule has 0 bridgehead atoms. The van der Waals surface area contributed by atoms with Gasteiger partial charge in [0.15, 0.2) is 5.82 Å². The van der Waals surface area contributed by atoms with Gasteiger partial charge in [-0.1, -0.05) is 6.92 Å². The molecule has 18 heavy (non-hydrogen) atoms. The number of hydrogen-bond donors (Lipinski definition) is 1. The molecular weight excluding hydrogens is 231 g/mol. The molecule has 1 aliphatic heterocycles. The van der Waals surface area contributed by atoms with Crippen LogP contribution < -0.4 is 10.2 Å². The number of rotatable bonds is 5. The molecule has 1 saturated heterocycles. The normalized spacial score (nSPS) is 16.8. The maximum absolute atomic E-state index is 12.8. The lowest BCUT2D eigenvalue weighted by atomic mass is 9.97. The molecule has 1 fully saturated rings. The Labute approximate surface area is 108 Å². The van der Waals surface area contributed by atoms with Crippen molar-refractivity contribution in [2.75, 3.05) is 31.1 Å². The highest BCUT2D eigenvalue weighted by Gasteiger charge is 2.18. The van der Waals surface area contributed by atoms with E-state index < -0.39 is 0 Å². The van der Waals surface area contributed by atoms with Gasteiger partial charge in [-0.25, -0.2) is 14.4 Å². The monoisotopic (exact) mass is 252 g/mol. The van der Waals surface area contributed by atoms with E-state index in [4.69, 9.17) is 0 Å². The Kier molecular flexibility index (Phi) is 4.87. The molecule has 0 aliphatic carbocycles. The summed E-state index contributed by atoms with van der Waals surface area (Å²) in [7, 11) is 0. The molecule has 0 amide bonds. The Balaban J connectivity index is 2.00. The summed E-state index contributed by atoms with van der Waals surface area (Å²) in [5.74, 6) is 0.959. The fourth-order valence-corrected chi connectivity index (χ4v) is 2.39. The number of nitrogens with one attached hydrogen (secondary N) is 1. The van der Waals surface area contributed by atoms with Gasteiger partial charge in [-0.15, -0.1) is 0 Å². The number of aromatic nitrogens is 2. The van der Waals surface area contributed by atoms with E-state index in [0.717, 1.165) is 32.6 Å². The van der Waals surface area contributed by atoms with Crippen molar-refractivity contribution in [3.63, 3.8) is 0 Å². The van der Waals surface area contributed by atoms with Crippen molar-refractivity contribution in [2.24, 2.45) is 5.92 Å². The molecule has 5 heteroatoms. The average Bonchev–Trinajstić information content (AvgIpc) is 2.40. The largest absolute Gasteiger partial charge is 0.341 e. The van der Waals surface area contributed by atoms with Crippen LogP contribution >= 0.6 is 0 Å².